The van der Waals surface area contributed by atoms with E-state index in [-0.39, 0.29) is 18.0 Å². The Balaban J connectivity index is 2.11. The molecule has 0 heterocycles. The molecule has 0 bridgehead atoms. The summed E-state index contributed by atoms with van der Waals surface area (Å²) in [4.78, 5) is 0. The molecule has 0 aliphatic heterocycles. The highest BCUT2D eigenvalue weighted by molar-refractivity contribution is 5.27. The lowest BCUT2D eigenvalue weighted by Gasteiger charge is -2.34. The van der Waals surface area contributed by atoms with Crippen LogP contribution >= 0.6 is 0 Å². The molecule has 2 rings (SSSR count). The smallest absolute Gasteiger partial charge is 0.123 e. The number of rotatable bonds is 6. The van der Waals surface area contributed by atoms with Gasteiger partial charge in [-0.3, -0.25) is 11.3 Å². The number of hydrogen-bond donors (Lipinski definition) is 2. The second kappa shape index (κ2) is 7.87. The summed E-state index contributed by atoms with van der Waals surface area (Å²) in [6, 6.07) is 4.94. The van der Waals surface area contributed by atoms with Crippen LogP contribution < -0.4 is 11.3 Å². The zero-order valence-electron chi connectivity index (χ0n) is 13.1. The summed E-state index contributed by atoms with van der Waals surface area (Å²) in [5.41, 5.74) is 4.99. The zero-order chi connectivity index (χ0) is 15.2. The van der Waals surface area contributed by atoms with Crippen molar-refractivity contribution in [1.29, 1.82) is 0 Å². The molecule has 3 nitrogen and oxygen atoms in total. The lowest BCUT2D eigenvalue weighted by atomic mass is 9.81. The Morgan fingerprint density at radius 3 is 2.67 bits per heavy atom. The number of hydrazine groups is 1. The minimum absolute atomic E-state index is 0.0126. The van der Waals surface area contributed by atoms with E-state index < -0.39 is 0 Å². The van der Waals surface area contributed by atoms with Gasteiger partial charge in [0.2, 0.25) is 0 Å². The van der Waals surface area contributed by atoms with Gasteiger partial charge in [-0.2, -0.15) is 0 Å². The Hall–Kier alpha value is -0.970. The molecule has 0 spiro atoms. The van der Waals surface area contributed by atoms with Crippen LogP contribution in [-0.4, -0.2) is 19.3 Å². The number of aryl methyl sites for hydroxylation is 1. The van der Waals surface area contributed by atoms with Crippen molar-refractivity contribution < 1.29 is 9.13 Å². The standard InChI is InChI=1S/C17H27FN2O/c1-12-8-9-15(18)10-14(12)11-16(20-19)17(21-2)13-6-4-3-5-7-13/h8-10,13,16-17,20H,3-7,11,19H2,1-2H3. The molecule has 1 aliphatic carbocycles. The summed E-state index contributed by atoms with van der Waals surface area (Å²) in [6.45, 7) is 2.00. The van der Waals surface area contributed by atoms with Gasteiger partial charge in [0.25, 0.3) is 0 Å². The number of benzene rings is 1. The van der Waals surface area contributed by atoms with Crippen LogP contribution in [0.1, 0.15) is 43.2 Å². The van der Waals surface area contributed by atoms with Gasteiger partial charge >= 0.3 is 0 Å². The Morgan fingerprint density at radius 2 is 2.05 bits per heavy atom. The molecule has 0 amide bonds. The Bertz CT molecular complexity index is 446. The predicted octanol–water partition coefficient (Wildman–Crippen LogP) is 3.10. The Labute approximate surface area is 127 Å². The Morgan fingerprint density at radius 1 is 1.33 bits per heavy atom. The zero-order valence-corrected chi connectivity index (χ0v) is 13.1. The van der Waals surface area contributed by atoms with E-state index in [1.165, 1.54) is 38.2 Å². The number of ether oxygens (including phenoxy) is 1. The fourth-order valence-corrected chi connectivity index (χ4v) is 3.51. The van der Waals surface area contributed by atoms with Gasteiger partial charge in [0, 0.05) is 7.11 Å². The van der Waals surface area contributed by atoms with Crippen LogP contribution in [0.5, 0.6) is 0 Å². The van der Waals surface area contributed by atoms with Gasteiger partial charge in [-0.1, -0.05) is 25.3 Å². The first-order valence-corrected chi connectivity index (χ1v) is 7.89. The first-order valence-electron chi connectivity index (χ1n) is 7.89. The average Bonchev–Trinajstić information content (AvgIpc) is 2.51. The second-order valence-corrected chi connectivity index (χ2v) is 6.15. The summed E-state index contributed by atoms with van der Waals surface area (Å²) < 4.78 is 19.2. The van der Waals surface area contributed by atoms with Crippen LogP contribution in [0.15, 0.2) is 18.2 Å². The van der Waals surface area contributed by atoms with Gasteiger partial charge in [-0.25, -0.2) is 4.39 Å². The number of halogens is 1. The van der Waals surface area contributed by atoms with Crippen molar-refractivity contribution in [2.24, 2.45) is 11.8 Å². The third-order valence-corrected chi connectivity index (χ3v) is 4.75. The number of nitrogens with one attached hydrogen (secondary N) is 1. The molecule has 1 fully saturated rings. The number of nitrogens with two attached hydrogens (primary N) is 1. The molecule has 2 atom stereocenters. The fraction of sp³-hybridized carbons (Fsp3) is 0.647. The van der Waals surface area contributed by atoms with Crippen LogP contribution in [0.3, 0.4) is 0 Å². The first kappa shape index (κ1) is 16.4. The lowest BCUT2D eigenvalue weighted by molar-refractivity contribution is 0.00823. The van der Waals surface area contributed by atoms with E-state index in [2.05, 4.69) is 5.43 Å². The first-order chi connectivity index (χ1) is 10.2. The highest BCUT2D eigenvalue weighted by atomic mass is 19.1. The molecule has 4 heteroatoms. The molecule has 0 aromatic heterocycles. The molecular formula is C17H27FN2O. The predicted molar refractivity (Wildman–Crippen MR) is 83.3 cm³/mol. The monoisotopic (exact) mass is 294 g/mol. The maximum absolute atomic E-state index is 13.5. The van der Waals surface area contributed by atoms with Crippen LogP contribution in [0.25, 0.3) is 0 Å². The lowest BCUT2D eigenvalue weighted by Crippen LogP contribution is -2.49. The summed E-state index contributed by atoms with van der Waals surface area (Å²) in [7, 11) is 1.75. The molecule has 2 unspecified atom stereocenters. The fourth-order valence-electron chi connectivity index (χ4n) is 3.51. The van der Waals surface area contributed by atoms with E-state index >= 15 is 0 Å². The highest BCUT2D eigenvalue weighted by Gasteiger charge is 2.30. The molecule has 1 saturated carbocycles. The third kappa shape index (κ3) is 4.25. The molecule has 0 radical (unpaired) electrons. The summed E-state index contributed by atoms with van der Waals surface area (Å²) in [5.74, 6) is 6.11. The van der Waals surface area contributed by atoms with Crippen molar-refractivity contribution in [2.45, 2.75) is 57.6 Å². The average molecular weight is 294 g/mol. The van der Waals surface area contributed by atoms with E-state index in [9.17, 15) is 4.39 Å². The number of methoxy groups -OCH3 is 1. The largest absolute Gasteiger partial charge is 0.379 e. The van der Waals surface area contributed by atoms with Crippen LogP contribution in [0.2, 0.25) is 0 Å². The van der Waals surface area contributed by atoms with E-state index in [4.69, 9.17) is 10.6 Å². The van der Waals surface area contributed by atoms with Crippen LogP contribution in [0, 0.1) is 18.7 Å². The molecule has 118 valence electrons. The molecule has 1 aliphatic rings. The molecule has 21 heavy (non-hydrogen) atoms. The van der Waals surface area contributed by atoms with Crippen LogP contribution in [-0.2, 0) is 11.2 Å². The maximum atomic E-state index is 13.5. The SMILES string of the molecule is COC(C1CCCCC1)C(Cc1cc(F)ccc1C)NN. The quantitative estimate of drug-likeness (QED) is 0.626. The van der Waals surface area contributed by atoms with Crippen molar-refractivity contribution in [3.8, 4) is 0 Å². The number of hydrogen-bond acceptors (Lipinski definition) is 3. The van der Waals surface area contributed by atoms with Crippen molar-refractivity contribution in [1.82, 2.24) is 5.43 Å². The normalized spacial score (nSPS) is 19.4. The minimum Gasteiger partial charge on any atom is -0.379 e. The molecule has 0 saturated heterocycles. The summed E-state index contributed by atoms with van der Waals surface area (Å²) >= 11 is 0. The van der Waals surface area contributed by atoms with Crippen molar-refractivity contribution in [3.05, 3.63) is 35.1 Å². The molecule has 3 N–H and O–H groups in total. The van der Waals surface area contributed by atoms with E-state index in [1.54, 1.807) is 13.2 Å². The van der Waals surface area contributed by atoms with Crippen molar-refractivity contribution >= 4 is 0 Å². The van der Waals surface area contributed by atoms with Crippen molar-refractivity contribution in [2.75, 3.05) is 7.11 Å². The highest BCUT2D eigenvalue weighted by Crippen LogP contribution is 2.30. The third-order valence-electron chi connectivity index (χ3n) is 4.75. The molecular weight excluding hydrogens is 267 g/mol. The van der Waals surface area contributed by atoms with E-state index in [0.29, 0.717) is 12.3 Å². The van der Waals surface area contributed by atoms with E-state index in [1.807, 2.05) is 13.0 Å². The van der Waals surface area contributed by atoms with E-state index in [0.717, 1.165) is 11.1 Å². The van der Waals surface area contributed by atoms with Gasteiger partial charge in [0.15, 0.2) is 0 Å². The second-order valence-electron chi connectivity index (χ2n) is 6.15. The Kier molecular flexibility index (Phi) is 6.15. The van der Waals surface area contributed by atoms with Gasteiger partial charge in [0.1, 0.15) is 5.82 Å². The van der Waals surface area contributed by atoms with Crippen LogP contribution in [0.4, 0.5) is 4.39 Å². The summed E-state index contributed by atoms with van der Waals surface area (Å²) in [5, 5.41) is 0. The van der Waals surface area contributed by atoms with Gasteiger partial charge in [0.05, 0.1) is 12.1 Å². The van der Waals surface area contributed by atoms with Gasteiger partial charge in [-0.05, 0) is 55.4 Å². The topological polar surface area (TPSA) is 47.3 Å². The minimum atomic E-state index is -0.196. The molecule has 1 aromatic carbocycles. The van der Waals surface area contributed by atoms with Crippen molar-refractivity contribution in [3.63, 3.8) is 0 Å². The maximum Gasteiger partial charge on any atom is 0.123 e. The van der Waals surface area contributed by atoms with Gasteiger partial charge in [-0.15, -0.1) is 0 Å². The molecule has 1 aromatic rings. The van der Waals surface area contributed by atoms with Gasteiger partial charge < -0.3 is 4.74 Å². The summed E-state index contributed by atoms with van der Waals surface area (Å²) in [6.07, 6.45) is 7.00.